The highest BCUT2D eigenvalue weighted by atomic mass is 127. The molecule has 1 fully saturated rings. The van der Waals surface area contributed by atoms with Gasteiger partial charge in [0.25, 0.3) is 5.56 Å². The summed E-state index contributed by atoms with van der Waals surface area (Å²) < 4.78 is 2.53. The summed E-state index contributed by atoms with van der Waals surface area (Å²) >= 11 is 2.05. The second kappa shape index (κ2) is 4.00. The second-order valence-electron chi connectivity index (χ2n) is 3.87. The maximum atomic E-state index is 11.8. The molecule has 0 bridgehead atoms. The molecule has 1 saturated carbocycles. The van der Waals surface area contributed by atoms with Crippen molar-refractivity contribution in [1.82, 2.24) is 9.55 Å². The van der Waals surface area contributed by atoms with Crippen LogP contribution in [0.15, 0.2) is 11.0 Å². The molecule has 0 atom stereocenters. The number of rotatable bonds is 2. The zero-order valence-corrected chi connectivity index (χ0v) is 10.3. The van der Waals surface area contributed by atoms with Gasteiger partial charge in [-0.25, -0.2) is 4.98 Å². The summed E-state index contributed by atoms with van der Waals surface area (Å²) in [5, 5.41) is 0. The number of halogens is 1. The Morgan fingerprint density at radius 3 is 2.93 bits per heavy atom. The Morgan fingerprint density at radius 1 is 1.64 bits per heavy atom. The summed E-state index contributed by atoms with van der Waals surface area (Å²) in [6.45, 7) is 2.75. The van der Waals surface area contributed by atoms with Gasteiger partial charge < -0.3 is 0 Å². The predicted octanol–water partition coefficient (Wildman–Crippen LogP) is 1.96. The first-order chi connectivity index (χ1) is 6.68. The SMILES string of the molecule is Cc1ncc(I)c(=O)n1CC1CCC1. The lowest BCUT2D eigenvalue weighted by atomic mass is 9.85. The minimum atomic E-state index is 0.116. The van der Waals surface area contributed by atoms with Crippen molar-refractivity contribution in [1.29, 1.82) is 0 Å². The monoisotopic (exact) mass is 304 g/mol. The Hall–Kier alpha value is -0.390. The lowest BCUT2D eigenvalue weighted by Crippen LogP contribution is -2.30. The van der Waals surface area contributed by atoms with Crippen LogP contribution in [0.1, 0.15) is 25.1 Å². The summed E-state index contributed by atoms with van der Waals surface area (Å²) in [7, 11) is 0. The molecule has 4 heteroatoms. The fourth-order valence-corrected chi connectivity index (χ4v) is 2.13. The van der Waals surface area contributed by atoms with Crippen molar-refractivity contribution in [2.24, 2.45) is 5.92 Å². The van der Waals surface area contributed by atoms with Gasteiger partial charge in [0.15, 0.2) is 0 Å². The van der Waals surface area contributed by atoms with Gasteiger partial charge in [0.05, 0.1) is 3.57 Å². The zero-order chi connectivity index (χ0) is 10.1. The Morgan fingerprint density at radius 2 is 2.36 bits per heavy atom. The third-order valence-electron chi connectivity index (χ3n) is 2.87. The highest BCUT2D eigenvalue weighted by Crippen LogP contribution is 2.27. The van der Waals surface area contributed by atoms with E-state index in [4.69, 9.17) is 0 Å². The van der Waals surface area contributed by atoms with Crippen LogP contribution in [0.5, 0.6) is 0 Å². The van der Waals surface area contributed by atoms with Crippen molar-refractivity contribution in [3.63, 3.8) is 0 Å². The molecule has 14 heavy (non-hydrogen) atoms. The lowest BCUT2D eigenvalue weighted by Gasteiger charge is -2.26. The average molecular weight is 304 g/mol. The average Bonchev–Trinajstić information content (AvgIpc) is 2.09. The Labute approximate surface area is 96.7 Å². The van der Waals surface area contributed by atoms with Gasteiger partial charge in [0.2, 0.25) is 0 Å². The van der Waals surface area contributed by atoms with Crippen LogP contribution >= 0.6 is 22.6 Å². The maximum Gasteiger partial charge on any atom is 0.266 e. The van der Waals surface area contributed by atoms with Crippen molar-refractivity contribution in [2.45, 2.75) is 32.7 Å². The van der Waals surface area contributed by atoms with Crippen LogP contribution in [-0.2, 0) is 6.54 Å². The summed E-state index contributed by atoms with van der Waals surface area (Å²) in [4.78, 5) is 16.0. The zero-order valence-electron chi connectivity index (χ0n) is 8.16. The van der Waals surface area contributed by atoms with E-state index in [0.717, 1.165) is 12.4 Å². The van der Waals surface area contributed by atoms with Gasteiger partial charge in [-0.05, 0) is 48.3 Å². The topological polar surface area (TPSA) is 34.9 Å². The molecular formula is C10H13IN2O. The highest BCUT2D eigenvalue weighted by molar-refractivity contribution is 14.1. The van der Waals surface area contributed by atoms with E-state index < -0.39 is 0 Å². The van der Waals surface area contributed by atoms with Gasteiger partial charge in [0.1, 0.15) is 5.82 Å². The first-order valence-corrected chi connectivity index (χ1v) is 5.98. The largest absolute Gasteiger partial charge is 0.296 e. The summed E-state index contributed by atoms with van der Waals surface area (Å²) in [5.74, 6) is 1.54. The van der Waals surface area contributed by atoms with Gasteiger partial charge in [-0.15, -0.1) is 0 Å². The summed E-state index contributed by atoms with van der Waals surface area (Å²) in [6.07, 6.45) is 5.49. The van der Waals surface area contributed by atoms with Crippen LogP contribution in [0.3, 0.4) is 0 Å². The quantitative estimate of drug-likeness (QED) is 0.783. The molecule has 1 aliphatic carbocycles. The van der Waals surface area contributed by atoms with E-state index in [1.807, 2.05) is 34.1 Å². The van der Waals surface area contributed by atoms with Crippen LogP contribution < -0.4 is 5.56 Å². The van der Waals surface area contributed by atoms with Gasteiger partial charge in [-0.2, -0.15) is 0 Å². The molecule has 0 unspecified atom stereocenters. The van der Waals surface area contributed by atoms with Crippen molar-refractivity contribution in [3.8, 4) is 0 Å². The van der Waals surface area contributed by atoms with E-state index in [0.29, 0.717) is 9.49 Å². The standard InChI is InChI=1S/C10H13IN2O/c1-7-12-5-9(11)10(14)13(7)6-8-3-2-4-8/h5,8H,2-4,6H2,1H3. The molecule has 0 saturated heterocycles. The molecule has 2 rings (SSSR count). The predicted molar refractivity (Wildman–Crippen MR) is 63.3 cm³/mol. The van der Waals surface area contributed by atoms with Gasteiger partial charge in [-0.3, -0.25) is 9.36 Å². The van der Waals surface area contributed by atoms with E-state index in [2.05, 4.69) is 4.98 Å². The molecule has 0 radical (unpaired) electrons. The van der Waals surface area contributed by atoms with Crippen molar-refractivity contribution >= 4 is 22.6 Å². The van der Waals surface area contributed by atoms with Crippen LogP contribution in [0.25, 0.3) is 0 Å². The van der Waals surface area contributed by atoms with E-state index in [1.165, 1.54) is 19.3 Å². The smallest absolute Gasteiger partial charge is 0.266 e. The normalized spacial score (nSPS) is 16.7. The molecule has 1 aliphatic rings. The molecule has 1 aromatic rings. The molecular weight excluding hydrogens is 291 g/mol. The number of nitrogens with zero attached hydrogens (tertiary/aromatic N) is 2. The second-order valence-corrected chi connectivity index (χ2v) is 5.03. The maximum absolute atomic E-state index is 11.8. The summed E-state index contributed by atoms with van der Waals surface area (Å²) in [6, 6.07) is 0. The molecule has 3 nitrogen and oxygen atoms in total. The van der Waals surface area contributed by atoms with Crippen molar-refractivity contribution in [3.05, 3.63) is 25.9 Å². The van der Waals surface area contributed by atoms with Crippen LogP contribution in [0, 0.1) is 16.4 Å². The fourth-order valence-electron chi connectivity index (χ4n) is 1.70. The van der Waals surface area contributed by atoms with E-state index in [-0.39, 0.29) is 5.56 Å². The van der Waals surface area contributed by atoms with Crippen LogP contribution in [0.4, 0.5) is 0 Å². The molecule has 0 aromatic carbocycles. The van der Waals surface area contributed by atoms with Gasteiger partial charge in [0, 0.05) is 12.7 Å². The molecule has 0 amide bonds. The third-order valence-corrected chi connectivity index (χ3v) is 3.61. The molecule has 0 N–H and O–H groups in total. The van der Waals surface area contributed by atoms with Crippen molar-refractivity contribution < 1.29 is 0 Å². The molecule has 0 aliphatic heterocycles. The van der Waals surface area contributed by atoms with Crippen LogP contribution in [0.2, 0.25) is 0 Å². The molecule has 1 heterocycles. The van der Waals surface area contributed by atoms with Gasteiger partial charge in [-0.1, -0.05) is 6.42 Å². The molecule has 76 valence electrons. The highest BCUT2D eigenvalue weighted by Gasteiger charge is 2.19. The fraction of sp³-hybridized carbons (Fsp3) is 0.600. The first-order valence-electron chi connectivity index (χ1n) is 4.90. The number of hydrogen-bond donors (Lipinski definition) is 0. The minimum absolute atomic E-state index is 0.116. The number of aryl methyl sites for hydroxylation is 1. The first kappa shape index (κ1) is 10.1. The van der Waals surface area contributed by atoms with Crippen molar-refractivity contribution in [2.75, 3.05) is 0 Å². The molecule has 1 aromatic heterocycles. The lowest BCUT2D eigenvalue weighted by molar-refractivity contribution is 0.270. The number of hydrogen-bond acceptors (Lipinski definition) is 2. The molecule has 0 spiro atoms. The third kappa shape index (κ3) is 1.85. The van der Waals surface area contributed by atoms with Gasteiger partial charge >= 0.3 is 0 Å². The summed E-state index contributed by atoms with van der Waals surface area (Å²) in [5.41, 5.74) is 0.116. The number of aromatic nitrogens is 2. The minimum Gasteiger partial charge on any atom is -0.296 e. The van der Waals surface area contributed by atoms with Crippen LogP contribution in [-0.4, -0.2) is 9.55 Å². The van der Waals surface area contributed by atoms with E-state index >= 15 is 0 Å². The van der Waals surface area contributed by atoms with E-state index in [9.17, 15) is 4.79 Å². The van der Waals surface area contributed by atoms with E-state index in [1.54, 1.807) is 6.20 Å². The Balaban J connectivity index is 2.30. The Bertz CT molecular complexity index is 396. The Kier molecular flexibility index (Phi) is 2.90.